The summed E-state index contributed by atoms with van der Waals surface area (Å²) in [5.74, 6) is 2.63. The van der Waals surface area contributed by atoms with E-state index in [1.54, 1.807) is 17.8 Å². The zero-order valence-electron chi connectivity index (χ0n) is 16.9. The summed E-state index contributed by atoms with van der Waals surface area (Å²) in [6.07, 6.45) is 5.35. The van der Waals surface area contributed by atoms with Gasteiger partial charge in [0.25, 0.3) is 0 Å². The summed E-state index contributed by atoms with van der Waals surface area (Å²) in [6.45, 7) is 16.4. The van der Waals surface area contributed by atoms with E-state index in [1.807, 2.05) is 25.3 Å². The molecular weight excluding hydrogens is 346 g/mol. The molecule has 0 amide bonds. The van der Waals surface area contributed by atoms with E-state index < -0.39 is 0 Å². The van der Waals surface area contributed by atoms with Crippen LogP contribution in [-0.2, 0) is 4.74 Å². The van der Waals surface area contributed by atoms with E-state index in [0.29, 0.717) is 17.0 Å². The first-order valence-electron chi connectivity index (χ1n) is 8.80. The first kappa shape index (κ1) is 22.0. The smallest absolute Gasteiger partial charge is 0.209 e. The number of hydrogen-bond donors (Lipinski definition) is 0. The maximum absolute atomic E-state index is 6.27. The van der Waals surface area contributed by atoms with Crippen LogP contribution in [0.2, 0.25) is 5.28 Å². The molecule has 2 aromatic rings. The van der Waals surface area contributed by atoms with Crippen molar-refractivity contribution in [3.8, 4) is 5.82 Å². The zero-order chi connectivity index (χ0) is 19.9. The molecule has 0 unspecified atom stereocenters. The molecule has 0 aromatic carbocycles. The van der Waals surface area contributed by atoms with Gasteiger partial charge in [-0.05, 0) is 48.1 Å². The average Bonchev–Trinajstić information content (AvgIpc) is 2.85. The van der Waals surface area contributed by atoms with Crippen LogP contribution in [0.25, 0.3) is 11.9 Å². The number of allylic oxidation sites excluding steroid dienone is 1. The Morgan fingerprint density at radius 3 is 2.27 bits per heavy atom. The quantitative estimate of drug-likeness (QED) is 0.462. The summed E-state index contributed by atoms with van der Waals surface area (Å²) in [7, 11) is 1.60. The molecule has 0 radical (unpaired) electrons. The van der Waals surface area contributed by atoms with Gasteiger partial charge in [0.2, 0.25) is 5.28 Å². The standard InChI is InChI=1S/C17H20ClN3O.C4H10/c1-6-14(22-5)9-15-12(4)20-17(18)21(15)16-8-7-13(10-19-16)11(2)3;1-4(2)3/h6-11H,1H2,2-5H3;4H,1-3H3/b14-9+;. The van der Waals surface area contributed by atoms with Crippen molar-refractivity contribution in [2.75, 3.05) is 7.11 Å². The highest BCUT2D eigenvalue weighted by Gasteiger charge is 2.15. The number of hydrogen-bond acceptors (Lipinski definition) is 3. The molecular formula is C21H30ClN3O. The topological polar surface area (TPSA) is 39.9 Å². The maximum atomic E-state index is 6.27. The largest absolute Gasteiger partial charge is 0.497 e. The minimum atomic E-state index is 0.369. The minimum absolute atomic E-state index is 0.369. The van der Waals surface area contributed by atoms with Crippen LogP contribution in [0.15, 0.2) is 36.7 Å². The molecule has 0 saturated heterocycles. The second-order valence-corrected chi connectivity index (χ2v) is 7.32. The van der Waals surface area contributed by atoms with Crippen molar-refractivity contribution >= 4 is 17.7 Å². The maximum Gasteiger partial charge on any atom is 0.209 e. The third kappa shape index (κ3) is 6.03. The normalized spacial score (nSPS) is 11.4. The molecule has 4 nitrogen and oxygen atoms in total. The van der Waals surface area contributed by atoms with Crippen LogP contribution in [0.3, 0.4) is 0 Å². The van der Waals surface area contributed by atoms with Gasteiger partial charge in [-0.25, -0.2) is 9.97 Å². The van der Waals surface area contributed by atoms with Crippen molar-refractivity contribution < 1.29 is 4.74 Å². The summed E-state index contributed by atoms with van der Waals surface area (Å²) in [5.41, 5.74) is 2.81. The molecule has 0 N–H and O–H groups in total. The van der Waals surface area contributed by atoms with Crippen molar-refractivity contribution in [3.63, 3.8) is 0 Å². The van der Waals surface area contributed by atoms with Crippen molar-refractivity contribution in [2.45, 2.75) is 47.5 Å². The fourth-order valence-electron chi connectivity index (χ4n) is 2.10. The molecule has 2 rings (SSSR count). The van der Waals surface area contributed by atoms with E-state index in [0.717, 1.165) is 23.1 Å². The average molecular weight is 376 g/mol. The molecule has 5 heteroatoms. The molecule has 26 heavy (non-hydrogen) atoms. The predicted octanol–water partition coefficient (Wildman–Crippen LogP) is 6.19. The number of imidazole rings is 1. The van der Waals surface area contributed by atoms with Crippen LogP contribution in [0.5, 0.6) is 0 Å². The highest BCUT2D eigenvalue weighted by molar-refractivity contribution is 6.28. The monoisotopic (exact) mass is 375 g/mol. The molecule has 142 valence electrons. The lowest BCUT2D eigenvalue weighted by atomic mass is 10.1. The number of aromatic nitrogens is 3. The Morgan fingerprint density at radius 1 is 1.23 bits per heavy atom. The van der Waals surface area contributed by atoms with Gasteiger partial charge in [0.15, 0.2) is 0 Å². The van der Waals surface area contributed by atoms with Gasteiger partial charge >= 0.3 is 0 Å². The number of methoxy groups -OCH3 is 1. The van der Waals surface area contributed by atoms with Crippen LogP contribution in [0.1, 0.15) is 57.5 Å². The molecule has 0 aliphatic heterocycles. The summed E-state index contributed by atoms with van der Waals surface area (Å²) in [4.78, 5) is 8.83. The number of rotatable bonds is 5. The lowest BCUT2D eigenvalue weighted by Gasteiger charge is -2.10. The first-order valence-corrected chi connectivity index (χ1v) is 9.18. The fourth-order valence-corrected chi connectivity index (χ4v) is 2.41. The molecule has 0 spiro atoms. The van der Waals surface area contributed by atoms with E-state index in [-0.39, 0.29) is 0 Å². The highest BCUT2D eigenvalue weighted by atomic mass is 35.5. The van der Waals surface area contributed by atoms with Crippen LogP contribution < -0.4 is 0 Å². The van der Waals surface area contributed by atoms with E-state index in [2.05, 4.69) is 57.2 Å². The molecule has 0 aliphatic rings. The van der Waals surface area contributed by atoms with Gasteiger partial charge in [0, 0.05) is 12.3 Å². The SMILES string of the molecule is C=C/C(=C\c1c(C)nc(Cl)n1-c1ccc(C(C)C)cn1)OC.CC(C)C. The van der Waals surface area contributed by atoms with Crippen molar-refractivity contribution in [3.05, 3.63) is 59.0 Å². The van der Waals surface area contributed by atoms with Crippen molar-refractivity contribution in [2.24, 2.45) is 5.92 Å². The molecule has 0 atom stereocenters. The van der Waals surface area contributed by atoms with Gasteiger partial charge in [-0.15, -0.1) is 0 Å². The van der Waals surface area contributed by atoms with Gasteiger partial charge in [0.05, 0.1) is 18.5 Å². The number of aryl methyl sites for hydroxylation is 1. The molecule has 2 aromatic heterocycles. The molecule has 2 heterocycles. The first-order chi connectivity index (χ1) is 12.2. The third-order valence-corrected chi connectivity index (χ3v) is 3.69. The number of pyridine rings is 1. The second-order valence-electron chi connectivity index (χ2n) is 6.98. The minimum Gasteiger partial charge on any atom is -0.497 e. The van der Waals surface area contributed by atoms with Gasteiger partial charge in [-0.3, -0.25) is 4.57 Å². The summed E-state index contributed by atoms with van der Waals surface area (Å²) < 4.78 is 7.04. The number of halogens is 1. The lowest BCUT2D eigenvalue weighted by Crippen LogP contribution is -2.02. The van der Waals surface area contributed by atoms with Gasteiger partial charge in [-0.2, -0.15) is 0 Å². The van der Waals surface area contributed by atoms with Crippen LogP contribution in [-0.4, -0.2) is 21.6 Å². The van der Waals surface area contributed by atoms with Crippen LogP contribution in [0.4, 0.5) is 0 Å². The van der Waals surface area contributed by atoms with Gasteiger partial charge in [0.1, 0.15) is 11.6 Å². The zero-order valence-corrected chi connectivity index (χ0v) is 17.6. The highest BCUT2D eigenvalue weighted by Crippen LogP contribution is 2.24. The summed E-state index contributed by atoms with van der Waals surface area (Å²) >= 11 is 6.27. The Kier molecular flexibility index (Phi) is 8.59. The Balaban J connectivity index is 0.000000765. The number of ether oxygens (including phenoxy) is 1. The van der Waals surface area contributed by atoms with Gasteiger partial charge < -0.3 is 4.74 Å². The Labute approximate surface area is 162 Å². The van der Waals surface area contributed by atoms with Crippen molar-refractivity contribution in [1.82, 2.24) is 14.5 Å². The number of nitrogens with zero attached hydrogens (tertiary/aromatic N) is 3. The Morgan fingerprint density at radius 2 is 1.85 bits per heavy atom. The van der Waals surface area contributed by atoms with Crippen LogP contribution in [0, 0.1) is 12.8 Å². The lowest BCUT2D eigenvalue weighted by molar-refractivity contribution is 0.310. The summed E-state index contributed by atoms with van der Waals surface area (Å²) in [6, 6.07) is 4.00. The predicted molar refractivity (Wildman–Crippen MR) is 111 cm³/mol. The van der Waals surface area contributed by atoms with E-state index in [4.69, 9.17) is 16.3 Å². The summed E-state index contributed by atoms with van der Waals surface area (Å²) in [5, 5.41) is 0.369. The Bertz CT molecular complexity index is 741. The van der Waals surface area contributed by atoms with Crippen molar-refractivity contribution in [1.29, 1.82) is 0 Å². The fraction of sp³-hybridized carbons (Fsp3) is 0.429. The second kappa shape index (κ2) is 10.2. The van der Waals surface area contributed by atoms with E-state index in [9.17, 15) is 0 Å². The Hall–Kier alpha value is -2.07. The molecule has 0 aliphatic carbocycles. The third-order valence-electron chi connectivity index (χ3n) is 3.44. The molecule has 0 saturated carbocycles. The van der Waals surface area contributed by atoms with Gasteiger partial charge in [-0.1, -0.05) is 47.3 Å². The van der Waals surface area contributed by atoms with Crippen LogP contribution >= 0.6 is 11.6 Å². The molecule has 0 fully saturated rings. The molecule has 0 bridgehead atoms. The van der Waals surface area contributed by atoms with E-state index in [1.165, 1.54) is 5.56 Å². The van der Waals surface area contributed by atoms with E-state index >= 15 is 0 Å².